The highest BCUT2D eigenvalue weighted by Gasteiger charge is 2.34. The average Bonchev–Trinajstić information content (AvgIpc) is 3.06. The molecule has 1 saturated carbocycles. The van der Waals surface area contributed by atoms with Crippen molar-refractivity contribution in [2.75, 3.05) is 19.8 Å². The van der Waals surface area contributed by atoms with Crippen molar-refractivity contribution in [2.45, 2.75) is 44.8 Å². The van der Waals surface area contributed by atoms with Gasteiger partial charge in [0.1, 0.15) is 0 Å². The van der Waals surface area contributed by atoms with Crippen LogP contribution in [0.2, 0.25) is 0 Å². The van der Waals surface area contributed by atoms with Gasteiger partial charge in [0.25, 0.3) is 0 Å². The van der Waals surface area contributed by atoms with E-state index in [9.17, 15) is 0 Å². The van der Waals surface area contributed by atoms with Crippen molar-refractivity contribution in [3.8, 4) is 0 Å². The van der Waals surface area contributed by atoms with Gasteiger partial charge in [-0.1, -0.05) is 11.6 Å². The normalized spacial score (nSPS) is 31.7. The Morgan fingerprint density at radius 2 is 2.42 bits per heavy atom. The number of hydrogen-bond acceptors (Lipinski definition) is 5. The van der Waals surface area contributed by atoms with Gasteiger partial charge in [-0.25, -0.2) is 0 Å². The molecule has 106 valence electrons. The number of rotatable bonds is 4. The van der Waals surface area contributed by atoms with Gasteiger partial charge in [-0.05, 0) is 25.7 Å². The molecular formula is C14H23N3O2. The number of hydrogen-bond donors (Lipinski definition) is 2. The SMILES string of the molecule is Cc1cc(CNC2CCCC2C2COCCN2)on1. The van der Waals surface area contributed by atoms with Crippen molar-refractivity contribution in [1.29, 1.82) is 0 Å². The maximum atomic E-state index is 5.59. The molecule has 3 atom stereocenters. The standard InChI is InChI=1S/C14H23N3O2/c1-10-7-11(19-17-10)8-16-13-4-2-3-12(13)14-9-18-6-5-15-14/h7,12-16H,2-6,8-9H2,1H3. The fraction of sp³-hybridized carbons (Fsp3) is 0.786. The van der Waals surface area contributed by atoms with E-state index in [2.05, 4.69) is 15.8 Å². The summed E-state index contributed by atoms with van der Waals surface area (Å²) in [5.41, 5.74) is 0.946. The van der Waals surface area contributed by atoms with E-state index in [0.29, 0.717) is 18.0 Å². The second-order valence-electron chi connectivity index (χ2n) is 5.65. The molecule has 1 aromatic heterocycles. The van der Waals surface area contributed by atoms with Gasteiger partial charge in [0.05, 0.1) is 25.5 Å². The highest BCUT2D eigenvalue weighted by atomic mass is 16.5. The second-order valence-corrected chi connectivity index (χ2v) is 5.65. The summed E-state index contributed by atoms with van der Waals surface area (Å²) in [6, 6.07) is 3.06. The van der Waals surface area contributed by atoms with Crippen molar-refractivity contribution in [1.82, 2.24) is 15.8 Å². The molecule has 1 saturated heterocycles. The van der Waals surface area contributed by atoms with Crippen LogP contribution in [0.4, 0.5) is 0 Å². The Bertz CT molecular complexity index is 401. The van der Waals surface area contributed by atoms with Crippen LogP contribution in [-0.4, -0.2) is 37.0 Å². The topological polar surface area (TPSA) is 59.3 Å². The van der Waals surface area contributed by atoms with Crippen LogP contribution in [0.3, 0.4) is 0 Å². The van der Waals surface area contributed by atoms with Crippen molar-refractivity contribution >= 4 is 0 Å². The molecule has 0 aromatic carbocycles. The third kappa shape index (κ3) is 3.16. The Morgan fingerprint density at radius 1 is 1.47 bits per heavy atom. The summed E-state index contributed by atoms with van der Waals surface area (Å²) in [4.78, 5) is 0. The smallest absolute Gasteiger partial charge is 0.150 e. The first-order valence-corrected chi connectivity index (χ1v) is 7.29. The van der Waals surface area contributed by atoms with E-state index in [-0.39, 0.29) is 0 Å². The lowest BCUT2D eigenvalue weighted by atomic mass is 9.94. The van der Waals surface area contributed by atoms with Gasteiger partial charge >= 0.3 is 0 Å². The van der Waals surface area contributed by atoms with Crippen molar-refractivity contribution < 1.29 is 9.26 Å². The van der Waals surface area contributed by atoms with Gasteiger partial charge < -0.3 is 19.9 Å². The van der Waals surface area contributed by atoms with Gasteiger partial charge in [-0.3, -0.25) is 0 Å². The summed E-state index contributed by atoms with van der Waals surface area (Å²) >= 11 is 0. The zero-order valence-electron chi connectivity index (χ0n) is 11.5. The van der Waals surface area contributed by atoms with Crippen LogP contribution in [0.1, 0.15) is 30.7 Å². The number of nitrogens with zero attached hydrogens (tertiary/aromatic N) is 1. The van der Waals surface area contributed by atoms with Crippen LogP contribution in [-0.2, 0) is 11.3 Å². The summed E-state index contributed by atoms with van der Waals surface area (Å²) in [6.07, 6.45) is 3.83. The van der Waals surface area contributed by atoms with Crippen molar-refractivity contribution in [3.63, 3.8) is 0 Å². The number of aryl methyl sites for hydroxylation is 1. The van der Waals surface area contributed by atoms with Crippen molar-refractivity contribution in [2.24, 2.45) is 5.92 Å². The molecule has 2 heterocycles. The van der Waals surface area contributed by atoms with Crippen LogP contribution in [0.15, 0.2) is 10.6 Å². The van der Waals surface area contributed by atoms with E-state index in [1.165, 1.54) is 19.3 Å². The summed E-state index contributed by atoms with van der Waals surface area (Å²) in [7, 11) is 0. The van der Waals surface area contributed by atoms with E-state index in [4.69, 9.17) is 9.26 Å². The lowest BCUT2D eigenvalue weighted by Gasteiger charge is -2.32. The van der Waals surface area contributed by atoms with Crippen LogP contribution in [0, 0.1) is 12.8 Å². The summed E-state index contributed by atoms with van der Waals surface area (Å²) in [5.74, 6) is 1.60. The lowest BCUT2D eigenvalue weighted by molar-refractivity contribution is 0.0522. The molecule has 2 N–H and O–H groups in total. The molecule has 19 heavy (non-hydrogen) atoms. The van der Waals surface area contributed by atoms with Crippen LogP contribution < -0.4 is 10.6 Å². The molecule has 0 spiro atoms. The first-order chi connectivity index (χ1) is 9.33. The Labute approximate surface area is 114 Å². The van der Waals surface area contributed by atoms with Gasteiger partial charge in [0, 0.05) is 24.7 Å². The van der Waals surface area contributed by atoms with Crippen LogP contribution in [0.25, 0.3) is 0 Å². The van der Waals surface area contributed by atoms with Gasteiger partial charge in [-0.15, -0.1) is 0 Å². The van der Waals surface area contributed by atoms with E-state index < -0.39 is 0 Å². The van der Waals surface area contributed by atoms with E-state index >= 15 is 0 Å². The molecule has 5 heteroatoms. The minimum absolute atomic E-state index is 0.505. The Balaban J connectivity index is 1.54. The number of nitrogens with one attached hydrogen (secondary N) is 2. The molecule has 0 radical (unpaired) electrons. The molecule has 0 amide bonds. The monoisotopic (exact) mass is 265 g/mol. The zero-order chi connectivity index (χ0) is 13.1. The maximum Gasteiger partial charge on any atom is 0.150 e. The third-order valence-corrected chi connectivity index (χ3v) is 4.25. The molecule has 1 aliphatic carbocycles. The highest BCUT2D eigenvalue weighted by Crippen LogP contribution is 2.29. The predicted molar refractivity (Wildman–Crippen MR) is 71.8 cm³/mol. The predicted octanol–water partition coefficient (Wildman–Crippen LogP) is 1.23. The quantitative estimate of drug-likeness (QED) is 0.857. The fourth-order valence-electron chi connectivity index (χ4n) is 3.32. The average molecular weight is 265 g/mol. The summed E-state index contributed by atoms with van der Waals surface area (Å²) in [6.45, 7) is 5.41. The van der Waals surface area contributed by atoms with Gasteiger partial charge in [-0.2, -0.15) is 0 Å². The van der Waals surface area contributed by atoms with E-state index in [0.717, 1.165) is 37.8 Å². The molecule has 1 aliphatic heterocycles. The number of ether oxygens (including phenoxy) is 1. The Morgan fingerprint density at radius 3 is 3.16 bits per heavy atom. The largest absolute Gasteiger partial charge is 0.379 e. The summed E-state index contributed by atoms with van der Waals surface area (Å²) in [5, 5.41) is 11.1. The second kappa shape index (κ2) is 6.03. The molecule has 3 rings (SSSR count). The fourth-order valence-corrected chi connectivity index (χ4v) is 3.32. The molecule has 1 aromatic rings. The minimum Gasteiger partial charge on any atom is -0.379 e. The number of morpholine rings is 1. The molecule has 0 bridgehead atoms. The molecule has 3 unspecified atom stereocenters. The summed E-state index contributed by atoms with van der Waals surface area (Å²) < 4.78 is 10.8. The van der Waals surface area contributed by atoms with E-state index in [1.54, 1.807) is 0 Å². The molecule has 5 nitrogen and oxygen atoms in total. The van der Waals surface area contributed by atoms with Crippen LogP contribution in [0.5, 0.6) is 0 Å². The maximum absolute atomic E-state index is 5.59. The van der Waals surface area contributed by atoms with Gasteiger partial charge in [0.2, 0.25) is 0 Å². The first kappa shape index (κ1) is 13.1. The highest BCUT2D eigenvalue weighted by molar-refractivity contribution is 5.03. The van der Waals surface area contributed by atoms with E-state index in [1.807, 2.05) is 13.0 Å². The molecule has 2 fully saturated rings. The lowest BCUT2D eigenvalue weighted by Crippen LogP contribution is -2.50. The first-order valence-electron chi connectivity index (χ1n) is 7.29. The van der Waals surface area contributed by atoms with Crippen LogP contribution >= 0.6 is 0 Å². The third-order valence-electron chi connectivity index (χ3n) is 4.25. The Kier molecular flexibility index (Phi) is 4.15. The zero-order valence-corrected chi connectivity index (χ0v) is 11.5. The minimum atomic E-state index is 0.505. The van der Waals surface area contributed by atoms with Crippen molar-refractivity contribution in [3.05, 3.63) is 17.5 Å². The number of aromatic nitrogens is 1. The Hall–Kier alpha value is -0.910. The molecular weight excluding hydrogens is 242 g/mol. The van der Waals surface area contributed by atoms with Gasteiger partial charge in [0.15, 0.2) is 5.76 Å². The molecule has 2 aliphatic rings.